The Morgan fingerprint density at radius 2 is 1.53 bits per heavy atom. The van der Waals surface area contributed by atoms with E-state index in [1.54, 1.807) is 41.7 Å². The lowest BCUT2D eigenvalue weighted by atomic mass is 10.2. The van der Waals surface area contributed by atoms with E-state index in [4.69, 9.17) is 4.98 Å². The Kier molecular flexibility index (Phi) is 5.49. The zero-order valence-electron chi connectivity index (χ0n) is 17.6. The van der Waals surface area contributed by atoms with E-state index in [1.807, 2.05) is 42.5 Å². The van der Waals surface area contributed by atoms with Gasteiger partial charge in [0.05, 0.1) is 43.0 Å². The van der Waals surface area contributed by atoms with Crippen molar-refractivity contribution >= 4 is 50.6 Å². The zero-order chi connectivity index (χ0) is 23.7. The van der Waals surface area contributed by atoms with Gasteiger partial charge in [-0.2, -0.15) is 0 Å². The maximum absolute atomic E-state index is 11.2. The number of aromatic nitrogens is 1. The van der Waals surface area contributed by atoms with Crippen molar-refractivity contribution in [3.05, 3.63) is 101 Å². The quantitative estimate of drug-likeness (QED) is 0.283. The van der Waals surface area contributed by atoms with Crippen LogP contribution in [0.25, 0.3) is 20.8 Å². The summed E-state index contributed by atoms with van der Waals surface area (Å²) in [6, 6.07) is 24.6. The third-order valence-electron chi connectivity index (χ3n) is 5.11. The van der Waals surface area contributed by atoms with E-state index in [0.717, 1.165) is 26.5 Å². The van der Waals surface area contributed by atoms with E-state index >= 15 is 0 Å². The number of aromatic carboxylic acids is 2. The van der Waals surface area contributed by atoms with E-state index < -0.39 is 11.9 Å². The SMILES string of the molecule is O=C(O)c1cccc(/N=c2\ccc3nc4ccc(Nc5cccc(C(=O)O)c5)cc4sc-3c2)c1. The lowest BCUT2D eigenvalue weighted by molar-refractivity contribution is 0.0686. The highest BCUT2D eigenvalue weighted by atomic mass is 32.1. The molecule has 3 N–H and O–H groups in total. The molecule has 0 bridgehead atoms. The minimum Gasteiger partial charge on any atom is -0.478 e. The number of carboxylic acid groups (broad SMARTS) is 2. The van der Waals surface area contributed by atoms with Gasteiger partial charge in [-0.25, -0.2) is 19.6 Å². The zero-order valence-corrected chi connectivity index (χ0v) is 18.4. The van der Waals surface area contributed by atoms with Gasteiger partial charge in [0.25, 0.3) is 0 Å². The first-order chi connectivity index (χ1) is 16.4. The second kappa shape index (κ2) is 8.76. The first-order valence-corrected chi connectivity index (χ1v) is 11.1. The van der Waals surface area contributed by atoms with Gasteiger partial charge in [0.15, 0.2) is 0 Å². The number of benzene rings is 4. The number of hydrogen-bond donors (Lipinski definition) is 3. The summed E-state index contributed by atoms with van der Waals surface area (Å²) in [5, 5.41) is 22.3. The van der Waals surface area contributed by atoms with Crippen LogP contribution in [0.4, 0.5) is 17.1 Å². The number of carbonyl (C=O) groups is 2. The van der Waals surface area contributed by atoms with Crippen molar-refractivity contribution in [3.63, 3.8) is 0 Å². The molecule has 2 aliphatic rings. The van der Waals surface area contributed by atoms with Crippen LogP contribution in [0.5, 0.6) is 0 Å². The second-order valence-electron chi connectivity index (χ2n) is 7.53. The topological polar surface area (TPSA) is 112 Å². The van der Waals surface area contributed by atoms with Crippen molar-refractivity contribution in [2.24, 2.45) is 4.99 Å². The molecule has 0 radical (unpaired) electrons. The van der Waals surface area contributed by atoms with Gasteiger partial charge in [0, 0.05) is 11.4 Å². The van der Waals surface area contributed by atoms with Gasteiger partial charge < -0.3 is 15.5 Å². The van der Waals surface area contributed by atoms with Gasteiger partial charge in [0.2, 0.25) is 0 Å². The van der Waals surface area contributed by atoms with Crippen molar-refractivity contribution in [1.29, 1.82) is 0 Å². The van der Waals surface area contributed by atoms with Crippen molar-refractivity contribution in [2.45, 2.75) is 0 Å². The predicted octanol–water partition coefficient (Wildman–Crippen LogP) is 5.77. The number of nitrogens with zero attached hydrogens (tertiary/aromatic N) is 2. The molecule has 8 heteroatoms. The summed E-state index contributed by atoms with van der Waals surface area (Å²) in [6.07, 6.45) is 0. The summed E-state index contributed by atoms with van der Waals surface area (Å²) in [4.78, 5) is 32.7. The van der Waals surface area contributed by atoms with Crippen molar-refractivity contribution in [3.8, 4) is 10.6 Å². The van der Waals surface area contributed by atoms with Gasteiger partial charge in [0.1, 0.15) is 0 Å². The molecule has 5 rings (SSSR count). The Morgan fingerprint density at radius 3 is 2.32 bits per heavy atom. The summed E-state index contributed by atoms with van der Waals surface area (Å²) in [5.74, 6) is -1.97. The molecular weight excluding hydrogens is 450 g/mol. The number of nitrogens with one attached hydrogen (secondary N) is 1. The third-order valence-corrected chi connectivity index (χ3v) is 6.21. The highest BCUT2D eigenvalue weighted by Crippen LogP contribution is 2.32. The summed E-state index contributed by atoms with van der Waals surface area (Å²) < 4.78 is 0.955. The van der Waals surface area contributed by atoms with Crippen LogP contribution in [0.3, 0.4) is 0 Å². The molecule has 0 saturated carbocycles. The minimum absolute atomic E-state index is 0.187. The molecule has 34 heavy (non-hydrogen) atoms. The molecule has 0 amide bonds. The fourth-order valence-electron chi connectivity index (χ4n) is 3.51. The molecule has 0 aromatic heterocycles. The molecule has 166 valence electrons. The number of fused-ring (bicyclic) bond motifs is 2. The van der Waals surface area contributed by atoms with E-state index in [0.29, 0.717) is 16.7 Å². The lowest BCUT2D eigenvalue weighted by Gasteiger charge is -2.10. The monoisotopic (exact) mass is 467 g/mol. The fraction of sp³-hybridized carbons (Fsp3) is 0. The third kappa shape index (κ3) is 4.48. The maximum atomic E-state index is 11.2. The Morgan fingerprint density at radius 1 is 0.794 bits per heavy atom. The van der Waals surface area contributed by atoms with Crippen LogP contribution in [0.1, 0.15) is 20.7 Å². The molecule has 0 spiro atoms. The standard InChI is InChI=1S/C26H17N3O4S/c30-25(31)15-3-1-5-17(11-15)27-19-7-9-21-23(13-19)34-24-14-20(8-10-22(24)29-21)28-18-6-2-4-16(12-18)26(32)33/h1-14,27H,(H,30,31)(H,32,33)/b28-20+. The molecule has 0 atom stereocenters. The van der Waals surface area contributed by atoms with Crippen LogP contribution >= 0.6 is 11.3 Å². The summed E-state index contributed by atoms with van der Waals surface area (Å²) in [5.41, 5.74) is 4.15. The Bertz CT molecular complexity index is 1610. The molecule has 1 aliphatic heterocycles. The molecular formula is C26H17N3O4S. The van der Waals surface area contributed by atoms with Gasteiger partial charge in [-0.3, -0.25) is 0 Å². The number of carboxylic acids is 2. The van der Waals surface area contributed by atoms with Crippen LogP contribution in [0.2, 0.25) is 0 Å². The first kappa shape index (κ1) is 21.3. The molecule has 0 saturated heterocycles. The summed E-state index contributed by atoms with van der Waals surface area (Å²) >= 11 is 1.57. The number of hydrogen-bond acceptors (Lipinski definition) is 6. The number of anilines is 2. The average molecular weight is 468 g/mol. The molecule has 1 aliphatic carbocycles. The highest BCUT2D eigenvalue weighted by Gasteiger charge is 2.09. The number of rotatable bonds is 5. The predicted molar refractivity (Wildman–Crippen MR) is 132 cm³/mol. The smallest absolute Gasteiger partial charge is 0.335 e. The molecule has 1 heterocycles. The normalized spacial score (nSPS) is 11.6. The fourth-order valence-corrected chi connectivity index (χ4v) is 4.55. The summed E-state index contributed by atoms with van der Waals surface area (Å²) in [6.45, 7) is 0. The Balaban J connectivity index is 1.51. The van der Waals surface area contributed by atoms with E-state index in [-0.39, 0.29) is 11.1 Å². The Labute approximate surface area is 197 Å². The van der Waals surface area contributed by atoms with Crippen LogP contribution < -0.4 is 10.7 Å². The van der Waals surface area contributed by atoms with Crippen LogP contribution in [-0.2, 0) is 0 Å². The first-order valence-electron chi connectivity index (χ1n) is 10.3. The van der Waals surface area contributed by atoms with Crippen LogP contribution in [-0.4, -0.2) is 27.1 Å². The maximum Gasteiger partial charge on any atom is 0.335 e. The van der Waals surface area contributed by atoms with Gasteiger partial charge in [-0.15, -0.1) is 11.3 Å². The lowest BCUT2D eigenvalue weighted by Crippen LogP contribution is -2.02. The molecule has 0 fully saturated rings. The van der Waals surface area contributed by atoms with Crippen molar-refractivity contribution in [2.75, 3.05) is 5.32 Å². The van der Waals surface area contributed by atoms with E-state index in [1.165, 1.54) is 12.1 Å². The van der Waals surface area contributed by atoms with Crippen molar-refractivity contribution in [1.82, 2.24) is 4.98 Å². The van der Waals surface area contributed by atoms with E-state index in [2.05, 4.69) is 10.3 Å². The molecule has 7 nitrogen and oxygen atoms in total. The molecule has 0 unspecified atom stereocenters. The van der Waals surface area contributed by atoms with Gasteiger partial charge in [-0.1, -0.05) is 12.1 Å². The second-order valence-corrected chi connectivity index (χ2v) is 8.61. The van der Waals surface area contributed by atoms with Crippen molar-refractivity contribution < 1.29 is 19.8 Å². The largest absolute Gasteiger partial charge is 0.478 e. The van der Waals surface area contributed by atoms with E-state index in [9.17, 15) is 19.8 Å². The van der Waals surface area contributed by atoms with Crippen LogP contribution in [0.15, 0.2) is 89.9 Å². The average Bonchev–Trinajstić information content (AvgIpc) is 2.83. The van der Waals surface area contributed by atoms with Gasteiger partial charge >= 0.3 is 11.9 Å². The summed E-state index contributed by atoms with van der Waals surface area (Å²) in [7, 11) is 0. The molecule has 3 aromatic rings. The minimum atomic E-state index is -0.993. The highest BCUT2D eigenvalue weighted by molar-refractivity contribution is 7.21. The Hall–Kier alpha value is -4.56. The van der Waals surface area contributed by atoms with Gasteiger partial charge in [-0.05, 0) is 72.8 Å². The molecule has 3 aromatic carbocycles. The van der Waals surface area contributed by atoms with Crippen LogP contribution in [0, 0.1) is 0 Å².